The summed E-state index contributed by atoms with van der Waals surface area (Å²) in [5.41, 5.74) is 0.563. The minimum Gasteiger partial charge on any atom is -0.483 e. The highest BCUT2D eigenvalue weighted by Crippen LogP contribution is 2.38. The number of carboxylic acids is 2. The van der Waals surface area contributed by atoms with Crippen LogP contribution in [0.25, 0.3) is 0 Å². The average Bonchev–Trinajstić information content (AvgIpc) is 3.44. The van der Waals surface area contributed by atoms with Crippen molar-refractivity contribution in [2.45, 2.75) is 35.8 Å². The van der Waals surface area contributed by atoms with Crippen LogP contribution in [0.2, 0.25) is 0 Å². The lowest BCUT2D eigenvalue weighted by molar-refractivity contribution is -0.193. The predicted molar refractivity (Wildman–Crippen MR) is 131 cm³/mol. The Bertz CT molecular complexity index is 1310. The number of benzene rings is 1. The van der Waals surface area contributed by atoms with Gasteiger partial charge in [0, 0.05) is 58.5 Å². The molecule has 2 N–H and O–H groups in total. The Morgan fingerprint density at radius 3 is 2.14 bits per heavy atom. The highest BCUT2D eigenvalue weighted by molar-refractivity contribution is 7.89. The van der Waals surface area contributed by atoms with Crippen molar-refractivity contribution in [2.75, 3.05) is 39.9 Å². The highest BCUT2D eigenvalue weighted by Gasteiger charge is 2.47. The summed E-state index contributed by atoms with van der Waals surface area (Å²) in [6, 6.07) is 6.91. The Labute approximate surface area is 236 Å². The molecule has 0 aliphatic carbocycles. The molecule has 1 unspecified atom stereocenters. The van der Waals surface area contributed by atoms with Gasteiger partial charge in [0.05, 0.1) is 19.3 Å². The summed E-state index contributed by atoms with van der Waals surface area (Å²) in [7, 11) is -0.151. The first kappa shape index (κ1) is 34.8. The first-order chi connectivity index (χ1) is 19.3. The number of nitrogens with zero attached hydrogens (tertiary/aromatic N) is 4. The third kappa shape index (κ3) is 9.57. The Morgan fingerprint density at radius 2 is 1.64 bits per heavy atom. The van der Waals surface area contributed by atoms with Gasteiger partial charge in [-0.15, -0.1) is 0 Å². The molecule has 3 heterocycles. The lowest BCUT2D eigenvalue weighted by atomic mass is 10.0. The van der Waals surface area contributed by atoms with Gasteiger partial charge in [-0.1, -0.05) is 12.1 Å². The maximum absolute atomic E-state index is 13.2. The van der Waals surface area contributed by atoms with Crippen LogP contribution < -0.4 is 4.74 Å². The molecule has 0 amide bonds. The molecule has 1 saturated heterocycles. The smallest absolute Gasteiger partial charge is 0.483 e. The van der Waals surface area contributed by atoms with E-state index in [1.165, 1.54) is 4.31 Å². The molecular formula is C23H28F6N4O8S. The van der Waals surface area contributed by atoms with Gasteiger partial charge >= 0.3 is 24.3 Å². The number of aryl methyl sites for hydroxylation is 1. The van der Waals surface area contributed by atoms with Crippen molar-refractivity contribution >= 4 is 22.0 Å². The van der Waals surface area contributed by atoms with Gasteiger partial charge < -0.3 is 19.7 Å². The number of hydrogen-bond acceptors (Lipinski definition) is 8. The third-order valence-electron chi connectivity index (χ3n) is 5.85. The zero-order chi connectivity index (χ0) is 31.9. The van der Waals surface area contributed by atoms with Crippen molar-refractivity contribution in [1.29, 1.82) is 0 Å². The van der Waals surface area contributed by atoms with E-state index >= 15 is 0 Å². The van der Waals surface area contributed by atoms with Crippen molar-refractivity contribution in [3.8, 4) is 5.75 Å². The molecule has 0 radical (unpaired) electrons. The van der Waals surface area contributed by atoms with E-state index in [0.29, 0.717) is 32.0 Å². The van der Waals surface area contributed by atoms with Gasteiger partial charge in [0.15, 0.2) is 0 Å². The topological polar surface area (TPSA) is 152 Å². The number of aliphatic carboxylic acids is 2. The fourth-order valence-corrected chi connectivity index (χ4v) is 5.65. The summed E-state index contributed by atoms with van der Waals surface area (Å²) >= 11 is 0. The van der Waals surface area contributed by atoms with Crippen LogP contribution in [0.1, 0.15) is 12.0 Å². The van der Waals surface area contributed by atoms with E-state index in [4.69, 9.17) is 29.3 Å². The molecule has 2 aliphatic heterocycles. The second-order valence-corrected chi connectivity index (χ2v) is 11.1. The van der Waals surface area contributed by atoms with Gasteiger partial charge in [-0.3, -0.25) is 9.58 Å². The molecule has 4 rings (SSSR count). The second kappa shape index (κ2) is 13.7. The fraction of sp³-hybridized carbons (Fsp3) is 0.522. The molecule has 1 spiro atoms. The zero-order valence-corrected chi connectivity index (χ0v) is 23.0. The lowest BCUT2D eigenvalue weighted by Crippen LogP contribution is -2.49. The Balaban J connectivity index is 0.000000367. The average molecular weight is 635 g/mol. The number of aromatic nitrogens is 2. The van der Waals surface area contributed by atoms with E-state index in [9.17, 15) is 34.8 Å². The van der Waals surface area contributed by atoms with E-state index < -0.39 is 39.9 Å². The van der Waals surface area contributed by atoms with Crippen molar-refractivity contribution in [2.24, 2.45) is 7.05 Å². The SMILES string of the molecule is COCCN1CC2(CCN(Cc3cnn(C)c3)C2)Oc2ccccc2S1(=O)=O.O=C(O)C(F)(F)F.O=C(O)C(F)(F)F. The number of para-hydroxylation sites is 1. The second-order valence-electron chi connectivity index (χ2n) is 9.15. The summed E-state index contributed by atoms with van der Waals surface area (Å²) in [6.07, 6.45) is -5.53. The van der Waals surface area contributed by atoms with Crippen LogP contribution in [0, 0.1) is 0 Å². The monoisotopic (exact) mass is 634 g/mol. The molecule has 1 aromatic heterocycles. The maximum atomic E-state index is 13.2. The van der Waals surface area contributed by atoms with Crippen molar-refractivity contribution in [3.05, 3.63) is 42.2 Å². The summed E-state index contributed by atoms with van der Waals surface area (Å²) in [6.45, 7) is 3.24. The van der Waals surface area contributed by atoms with Gasteiger partial charge in [-0.05, 0) is 12.1 Å². The number of sulfonamides is 1. The number of halogens is 6. The van der Waals surface area contributed by atoms with Crippen LogP contribution in [0.5, 0.6) is 5.75 Å². The Hall–Kier alpha value is -3.42. The van der Waals surface area contributed by atoms with E-state index in [0.717, 1.165) is 25.1 Å². The normalized spacial score (nSPS) is 20.3. The van der Waals surface area contributed by atoms with Crippen molar-refractivity contribution in [3.63, 3.8) is 0 Å². The number of alkyl halides is 6. The number of carbonyl (C=O) groups is 2. The predicted octanol–water partition coefficient (Wildman–Crippen LogP) is 2.36. The number of ether oxygens (including phenoxy) is 2. The molecule has 236 valence electrons. The van der Waals surface area contributed by atoms with Crippen LogP contribution in [0.15, 0.2) is 41.6 Å². The summed E-state index contributed by atoms with van der Waals surface area (Å²) in [4.78, 5) is 20.3. The fourth-order valence-electron chi connectivity index (χ4n) is 4.04. The molecular weight excluding hydrogens is 606 g/mol. The van der Waals surface area contributed by atoms with Gasteiger partial charge in [0.1, 0.15) is 16.2 Å². The van der Waals surface area contributed by atoms with Gasteiger partial charge in [0.2, 0.25) is 10.0 Å². The van der Waals surface area contributed by atoms with Crippen LogP contribution in [-0.2, 0) is 37.9 Å². The van der Waals surface area contributed by atoms with Crippen LogP contribution in [-0.4, -0.2) is 107 Å². The van der Waals surface area contributed by atoms with Crippen LogP contribution in [0.3, 0.4) is 0 Å². The van der Waals surface area contributed by atoms with Crippen molar-refractivity contribution < 1.29 is 64.0 Å². The molecule has 1 aromatic carbocycles. The number of carboxylic acid groups (broad SMARTS) is 2. The standard InChI is InChI=1S/C19H26N4O4S.2C2HF3O2/c1-21-12-16(11-20-21)13-22-8-7-19(14-22)15-23(9-10-26-2)28(24,25)18-6-4-3-5-17(18)27-19;2*3-2(4,5)1(6)7/h3-6,11-12H,7-10,13-15H2,1-2H3;2*(H,6,7). The molecule has 1 fully saturated rings. The number of methoxy groups -OCH3 is 1. The summed E-state index contributed by atoms with van der Waals surface area (Å²) in [5.74, 6) is -5.08. The van der Waals surface area contributed by atoms with E-state index in [2.05, 4.69) is 10.00 Å². The number of hydrogen-bond donors (Lipinski definition) is 2. The minimum absolute atomic E-state index is 0.230. The maximum Gasteiger partial charge on any atom is 0.490 e. The molecule has 2 aromatic rings. The Morgan fingerprint density at radius 1 is 1.07 bits per heavy atom. The van der Waals surface area contributed by atoms with Gasteiger partial charge in [0.25, 0.3) is 0 Å². The quantitative estimate of drug-likeness (QED) is 0.469. The molecule has 19 heteroatoms. The van der Waals surface area contributed by atoms with Crippen LogP contribution in [0.4, 0.5) is 26.3 Å². The summed E-state index contributed by atoms with van der Waals surface area (Å²) < 4.78 is 105. The largest absolute Gasteiger partial charge is 0.490 e. The highest BCUT2D eigenvalue weighted by atomic mass is 32.2. The van der Waals surface area contributed by atoms with E-state index in [-0.39, 0.29) is 4.90 Å². The van der Waals surface area contributed by atoms with Crippen molar-refractivity contribution in [1.82, 2.24) is 19.0 Å². The minimum atomic E-state index is -5.08. The Kier molecular flexibility index (Phi) is 11.3. The van der Waals surface area contributed by atoms with E-state index in [1.54, 1.807) is 30.0 Å². The van der Waals surface area contributed by atoms with Crippen LogP contribution >= 0.6 is 0 Å². The first-order valence-electron chi connectivity index (χ1n) is 11.9. The molecule has 2 aliphatic rings. The molecule has 12 nitrogen and oxygen atoms in total. The zero-order valence-electron chi connectivity index (χ0n) is 22.2. The van der Waals surface area contributed by atoms with E-state index in [1.807, 2.05) is 25.5 Å². The van der Waals surface area contributed by atoms with Gasteiger partial charge in [-0.25, -0.2) is 18.0 Å². The van der Waals surface area contributed by atoms with Gasteiger partial charge in [-0.2, -0.15) is 35.7 Å². The molecule has 1 atom stereocenters. The molecule has 0 bridgehead atoms. The third-order valence-corrected chi connectivity index (χ3v) is 7.73. The number of likely N-dealkylation sites (tertiary alicyclic amines) is 1. The number of fused-ring (bicyclic) bond motifs is 1. The number of rotatable bonds is 5. The lowest BCUT2D eigenvalue weighted by Gasteiger charge is -2.32. The molecule has 0 saturated carbocycles. The molecule has 42 heavy (non-hydrogen) atoms. The first-order valence-corrected chi connectivity index (χ1v) is 13.3. The summed E-state index contributed by atoms with van der Waals surface area (Å²) in [5, 5.41) is 18.5.